The zero-order chi connectivity index (χ0) is 22.9. The van der Waals surface area contributed by atoms with Crippen LogP contribution in [-0.2, 0) is 15.8 Å². The summed E-state index contributed by atoms with van der Waals surface area (Å²) < 4.78 is 45.4. The van der Waals surface area contributed by atoms with Crippen LogP contribution in [0.1, 0.15) is 18.1 Å². The van der Waals surface area contributed by atoms with E-state index in [0.29, 0.717) is 33.4 Å². The van der Waals surface area contributed by atoms with E-state index in [9.17, 15) is 27.6 Å². The number of ether oxygens (including phenoxy) is 1. The van der Waals surface area contributed by atoms with Crippen molar-refractivity contribution in [1.82, 2.24) is 5.32 Å². The summed E-state index contributed by atoms with van der Waals surface area (Å²) in [5.74, 6) is -1.77. The minimum Gasteiger partial charge on any atom is -0.493 e. The van der Waals surface area contributed by atoms with Gasteiger partial charge in [0, 0.05) is 10.0 Å². The monoisotopic (exact) mass is 516 g/mol. The SMILES string of the molecule is CCOc1ccc(Br)cc1/C=C1/C(=O)NC(=O)N(c2cc(C(F)(F)F)ccc2Cl)C1=O. The lowest BCUT2D eigenvalue weighted by Gasteiger charge is -2.27. The predicted octanol–water partition coefficient (Wildman–Crippen LogP) is 5.19. The van der Waals surface area contributed by atoms with E-state index in [1.54, 1.807) is 25.1 Å². The van der Waals surface area contributed by atoms with Gasteiger partial charge in [-0.05, 0) is 49.4 Å². The number of hydrogen-bond acceptors (Lipinski definition) is 4. The van der Waals surface area contributed by atoms with Crippen LogP contribution in [0.5, 0.6) is 5.75 Å². The molecule has 0 spiro atoms. The number of imide groups is 2. The minimum absolute atomic E-state index is 0.275. The fourth-order valence-corrected chi connectivity index (χ4v) is 3.39. The Morgan fingerprint density at radius 3 is 2.52 bits per heavy atom. The van der Waals surface area contributed by atoms with E-state index in [0.717, 1.165) is 12.1 Å². The summed E-state index contributed by atoms with van der Waals surface area (Å²) in [6.07, 6.45) is -3.54. The number of carbonyl (C=O) groups excluding carboxylic acids is 3. The summed E-state index contributed by atoms with van der Waals surface area (Å²) in [5, 5.41) is 1.67. The Kier molecular flexibility index (Phi) is 6.42. The van der Waals surface area contributed by atoms with E-state index in [1.165, 1.54) is 6.08 Å². The predicted molar refractivity (Wildman–Crippen MR) is 111 cm³/mol. The molecule has 4 amide bonds. The minimum atomic E-state index is -4.73. The molecular weight excluding hydrogens is 505 g/mol. The molecule has 0 unspecified atom stereocenters. The molecule has 0 saturated carbocycles. The average Bonchev–Trinajstić information content (AvgIpc) is 2.67. The first-order valence-corrected chi connectivity index (χ1v) is 9.90. The highest BCUT2D eigenvalue weighted by Gasteiger charge is 2.39. The molecule has 1 fully saturated rings. The maximum absolute atomic E-state index is 13.1. The summed E-state index contributed by atoms with van der Waals surface area (Å²) in [5.41, 5.74) is -1.75. The number of halogens is 5. The molecule has 0 aliphatic carbocycles. The van der Waals surface area contributed by atoms with E-state index in [2.05, 4.69) is 15.9 Å². The fraction of sp³-hybridized carbons (Fsp3) is 0.150. The highest BCUT2D eigenvalue weighted by atomic mass is 79.9. The zero-order valence-corrected chi connectivity index (χ0v) is 18.1. The number of urea groups is 1. The van der Waals surface area contributed by atoms with Gasteiger partial charge in [-0.15, -0.1) is 0 Å². The standard InChI is InChI=1S/C20H13BrClF3N2O4/c1-2-31-16-6-4-12(21)7-10(16)8-13-17(28)26-19(30)27(18(13)29)15-9-11(20(23,24)25)3-5-14(15)22/h3-9H,2H2,1H3,(H,26,28,30)/b13-8-. The van der Waals surface area contributed by atoms with Crippen molar-refractivity contribution in [3.05, 3.63) is 62.6 Å². The van der Waals surface area contributed by atoms with Crippen molar-refractivity contribution in [3.63, 3.8) is 0 Å². The van der Waals surface area contributed by atoms with Crippen molar-refractivity contribution in [2.45, 2.75) is 13.1 Å². The second-order valence-corrected chi connectivity index (χ2v) is 7.56. The number of alkyl halides is 3. The van der Waals surface area contributed by atoms with Gasteiger partial charge in [-0.1, -0.05) is 27.5 Å². The van der Waals surface area contributed by atoms with Crippen LogP contribution in [0.2, 0.25) is 5.02 Å². The molecule has 3 rings (SSSR count). The van der Waals surface area contributed by atoms with Crippen LogP contribution in [-0.4, -0.2) is 24.5 Å². The summed E-state index contributed by atoms with van der Waals surface area (Å²) in [4.78, 5) is 38.1. The molecule has 6 nitrogen and oxygen atoms in total. The molecule has 1 saturated heterocycles. The number of nitrogens with zero attached hydrogens (tertiary/aromatic N) is 1. The van der Waals surface area contributed by atoms with Crippen LogP contribution in [0.25, 0.3) is 6.08 Å². The smallest absolute Gasteiger partial charge is 0.416 e. The van der Waals surface area contributed by atoms with Gasteiger partial charge in [0.2, 0.25) is 0 Å². The third-order valence-corrected chi connectivity index (χ3v) is 5.00. The highest BCUT2D eigenvalue weighted by Crippen LogP contribution is 2.37. The van der Waals surface area contributed by atoms with Crippen LogP contribution < -0.4 is 15.0 Å². The quantitative estimate of drug-likeness (QED) is 0.448. The first-order chi connectivity index (χ1) is 14.5. The van der Waals surface area contributed by atoms with Gasteiger partial charge in [0.1, 0.15) is 11.3 Å². The Morgan fingerprint density at radius 1 is 1.16 bits per heavy atom. The normalized spacial score (nSPS) is 16.0. The summed E-state index contributed by atoms with van der Waals surface area (Å²) in [7, 11) is 0. The second kappa shape index (κ2) is 8.72. The molecule has 0 bridgehead atoms. The van der Waals surface area contributed by atoms with Crippen molar-refractivity contribution in [1.29, 1.82) is 0 Å². The van der Waals surface area contributed by atoms with Gasteiger partial charge in [-0.2, -0.15) is 13.2 Å². The van der Waals surface area contributed by atoms with E-state index in [4.69, 9.17) is 16.3 Å². The number of amides is 4. The molecule has 0 radical (unpaired) electrons. The number of anilines is 1. The van der Waals surface area contributed by atoms with Crippen LogP contribution >= 0.6 is 27.5 Å². The maximum atomic E-state index is 13.1. The fourth-order valence-electron chi connectivity index (χ4n) is 2.81. The Hall–Kier alpha value is -2.85. The summed E-state index contributed by atoms with van der Waals surface area (Å²) in [6, 6.07) is 5.87. The van der Waals surface area contributed by atoms with E-state index in [1.807, 2.05) is 5.32 Å². The van der Waals surface area contributed by atoms with Crippen LogP contribution in [0.15, 0.2) is 46.4 Å². The van der Waals surface area contributed by atoms with Gasteiger partial charge in [0.25, 0.3) is 11.8 Å². The third kappa shape index (κ3) is 4.75. The van der Waals surface area contributed by atoms with Crippen molar-refractivity contribution >= 4 is 57.1 Å². The Balaban J connectivity index is 2.11. The molecule has 1 aliphatic heterocycles. The van der Waals surface area contributed by atoms with Crippen molar-refractivity contribution < 1.29 is 32.3 Å². The molecular formula is C20H13BrClF3N2O4. The number of hydrogen-bond donors (Lipinski definition) is 1. The number of rotatable bonds is 4. The molecule has 1 aliphatic rings. The zero-order valence-electron chi connectivity index (χ0n) is 15.7. The molecule has 1 N–H and O–H groups in total. The van der Waals surface area contributed by atoms with Crippen molar-refractivity contribution in [2.24, 2.45) is 0 Å². The maximum Gasteiger partial charge on any atom is 0.416 e. The molecule has 11 heteroatoms. The average molecular weight is 518 g/mol. The first kappa shape index (κ1) is 22.8. The molecule has 0 atom stereocenters. The summed E-state index contributed by atoms with van der Waals surface area (Å²) in [6.45, 7) is 2.05. The van der Waals surface area contributed by atoms with Gasteiger partial charge >= 0.3 is 12.2 Å². The largest absolute Gasteiger partial charge is 0.493 e. The topological polar surface area (TPSA) is 75.7 Å². The third-order valence-electron chi connectivity index (χ3n) is 4.19. The van der Waals surface area contributed by atoms with Crippen molar-refractivity contribution in [3.8, 4) is 5.75 Å². The summed E-state index contributed by atoms with van der Waals surface area (Å²) >= 11 is 9.25. The highest BCUT2D eigenvalue weighted by molar-refractivity contribution is 9.10. The van der Waals surface area contributed by atoms with E-state index >= 15 is 0 Å². The van der Waals surface area contributed by atoms with E-state index < -0.39 is 40.8 Å². The molecule has 2 aromatic rings. The van der Waals surface area contributed by atoms with Crippen LogP contribution in [0.4, 0.5) is 23.7 Å². The van der Waals surface area contributed by atoms with Gasteiger partial charge in [0.05, 0.1) is 22.9 Å². The lowest BCUT2D eigenvalue weighted by Crippen LogP contribution is -2.54. The van der Waals surface area contributed by atoms with Gasteiger partial charge < -0.3 is 4.74 Å². The number of benzene rings is 2. The lowest BCUT2D eigenvalue weighted by molar-refractivity contribution is -0.137. The van der Waals surface area contributed by atoms with Gasteiger partial charge in [-0.3, -0.25) is 14.9 Å². The first-order valence-electron chi connectivity index (χ1n) is 8.73. The molecule has 2 aromatic carbocycles. The number of carbonyl (C=O) groups is 3. The van der Waals surface area contributed by atoms with Crippen LogP contribution in [0, 0.1) is 0 Å². The molecule has 162 valence electrons. The Bertz CT molecular complexity index is 1120. The van der Waals surface area contributed by atoms with E-state index in [-0.39, 0.29) is 5.02 Å². The molecule has 31 heavy (non-hydrogen) atoms. The lowest BCUT2D eigenvalue weighted by atomic mass is 10.1. The number of nitrogens with one attached hydrogen (secondary N) is 1. The number of barbiturate groups is 1. The molecule has 0 aromatic heterocycles. The Labute approximate surface area is 187 Å². The Morgan fingerprint density at radius 2 is 1.87 bits per heavy atom. The second-order valence-electron chi connectivity index (χ2n) is 6.24. The van der Waals surface area contributed by atoms with Gasteiger partial charge in [0.15, 0.2) is 0 Å². The van der Waals surface area contributed by atoms with Gasteiger partial charge in [-0.25, -0.2) is 9.69 Å². The van der Waals surface area contributed by atoms with Crippen molar-refractivity contribution in [2.75, 3.05) is 11.5 Å². The van der Waals surface area contributed by atoms with Crippen LogP contribution in [0.3, 0.4) is 0 Å². The molecule has 1 heterocycles.